The van der Waals surface area contributed by atoms with Crippen LogP contribution in [0.5, 0.6) is 0 Å². The van der Waals surface area contributed by atoms with Gasteiger partial charge in [-0.1, -0.05) is 25.1 Å². The third-order valence-corrected chi connectivity index (χ3v) is 4.78. The number of nitro groups is 1. The van der Waals surface area contributed by atoms with E-state index in [4.69, 9.17) is 0 Å². The van der Waals surface area contributed by atoms with Crippen LogP contribution in [0.2, 0.25) is 0 Å². The van der Waals surface area contributed by atoms with E-state index in [2.05, 4.69) is 22.1 Å². The van der Waals surface area contributed by atoms with Gasteiger partial charge in [0.05, 0.1) is 16.0 Å². The largest absolute Gasteiger partial charge is 0.388 e. The van der Waals surface area contributed by atoms with Crippen molar-refractivity contribution < 1.29 is 10.0 Å². The number of nitrogens with zero attached hydrogens (tertiary/aromatic N) is 3. The molecule has 7 heteroatoms. The van der Waals surface area contributed by atoms with Crippen molar-refractivity contribution in [3.8, 4) is 0 Å². The van der Waals surface area contributed by atoms with E-state index in [-0.39, 0.29) is 5.69 Å². The van der Waals surface area contributed by atoms with Crippen molar-refractivity contribution in [1.29, 1.82) is 0 Å². The molecule has 0 spiro atoms. The summed E-state index contributed by atoms with van der Waals surface area (Å²) in [5, 5.41) is 25.9. The standard InChI is InChI=1S/C17H22N4O3/c1-2-20-9-7-17(22,8-10-20)12-19-16-13-5-3-4-6-14(13)18-11-15(16)21(23)24/h3-6,11,22H,2,7-10,12H2,1H3,(H,18,19). The number of rotatable bonds is 5. The number of para-hydroxylation sites is 1. The minimum absolute atomic E-state index is 0.0664. The van der Waals surface area contributed by atoms with Crippen LogP contribution in [0.4, 0.5) is 11.4 Å². The summed E-state index contributed by atoms with van der Waals surface area (Å²) in [7, 11) is 0. The number of aliphatic hydroxyl groups is 1. The minimum atomic E-state index is -0.843. The summed E-state index contributed by atoms with van der Waals surface area (Å²) in [5.74, 6) is 0. The van der Waals surface area contributed by atoms with Crippen molar-refractivity contribution in [1.82, 2.24) is 9.88 Å². The Morgan fingerprint density at radius 2 is 2.08 bits per heavy atom. The predicted molar refractivity (Wildman–Crippen MR) is 93.2 cm³/mol. The summed E-state index contributed by atoms with van der Waals surface area (Å²) in [5.41, 5.74) is 0.211. The van der Waals surface area contributed by atoms with Gasteiger partial charge < -0.3 is 15.3 Å². The van der Waals surface area contributed by atoms with E-state index in [1.54, 1.807) is 6.07 Å². The van der Waals surface area contributed by atoms with Crippen LogP contribution in [-0.2, 0) is 0 Å². The fraction of sp³-hybridized carbons (Fsp3) is 0.471. The van der Waals surface area contributed by atoms with Crippen LogP contribution in [0.1, 0.15) is 19.8 Å². The fourth-order valence-corrected chi connectivity index (χ4v) is 3.17. The van der Waals surface area contributed by atoms with Gasteiger partial charge in [-0.25, -0.2) is 4.98 Å². The monoisotopic (exact) mass is 330 g/mol. The lowest BCUT2D eigenvalue weighted by Gasteiger charge is -2.38. The average molecular weight is 330 g/mol. The molecule has 0 unspecified atom stereocenters. The lowest BCUT2D eigenvalue weighted by Crippen LogP contribution is -2.48. The van der Waals surface area contributed by atoms with Crippen LogP contribution in [-0.4, -0.2) is 51.7 Å². The van der Waals surface area contributed by atoms with Crippen molar-refractivity contribution in [2.75, 3.05) is 31.5 Å². The molecule has 0 atom stereocenters. The van der Waals surface area contributed by atoms with E-state index >= 15 is 0 Å². The number of aromatic nitrogens is 1. The van der Waals surface area contributed by atoms with E-state index in [1.807, 2.05) is 18.2 Å². The Labute approximate surface area is 140 Å². The topological polar surface area (TPSA) is 91.5 Å². The number of anilines is 1. The Morgan fingerprint density at radius 3 is 2.75 bits per heavy atom. The highest BCUT2D eigenvalue weighted by Crippen LogP contribution is 2.32. The van der Waals surface area contributed by atoms with Gasteiger partial charge in [0, 0.05) is 25.0 Å². The first-order valence-corrected chi connectivity index (χ1v) is 8.23. The van der Waals surface area contributed by atoms with E-state index < -0.39 is 10.5 Å². The summed E-state index contributed by atoms with van der Waals surface area (Å²) in [6.07, 6.45) is 2.59. The summed E-state index contributed by atoms with van der Waals surface area (Å²) in [4.78, 5) is 17.3. The number of likely N-dealkylation sites (tertiary alicyclic amines) is 1. The maximum absolute atomic E-state index is 11.3. The van der Waals surface area contributed by atoms with Gasteiger partial charge in [-0.05, 0) is 25.5 Å². The van der Waals surface area contributed by atoms with Crippen LogP contribution < -0.4 is 5.32 Å². The minimum Gasteiger partial charge on any atom is -0.388 e. The first kappa shape index (κ1) is 16.6. The highest BCUT2D eigenvalue weighted by Gasteiger charge is 2.32. The molecule has 1 aromatic carbocycles. The Kier molecular flexibility index (Phi) is 4.64. The molecule has 0 bridgehead atoms. The highest BCUT2D eigenvalue weighted by molar-refractivity contribution is 5.95. The molecule has 0 radical (unpaired) electrons. The van der Waals surface area contributed by atoms with Gasteiger partial charge in [-0.3, -0.25) is 10.1 Å². The molecule has 0 amide bonds. The van der Waals surface area contributed by atoms with Gasteiger partial charge in [0.2, 0.25) is 0 Å². The van der Waals surface area contributed by atoms with Crippen LogP contribution in [0.15, 0.2) is 30.5 Å². The van der Waals surface area contributed by atoms with Crippen molar-refractivity contribution in [3.63, 3.8) is 0 Å². The zero-order valence-corrected chi connectivity index (χ0v) is 13.7. The number of piperidine rings is 1. The molecule has 1 aliphatic rings. The molecular formula is C17H22N4O3. The molecule has 2 N–H and O–H groups in total. The number of nitrogens with one attached hydrogen (secondary N) is 1. The van der Waals surface area contributed by atoms with Gasteiger partial charge in [0.15, 0.2) is 0 Å². The Morgan fingerprint density at radius 1 is 1.38 bits per heavy atom. The van der Waals surface area contributed by atoms with Crippen molar-refractivity contribution in [2.24, 2.45) is 0 Å². The summed E-state index contributed by atoms with van der Waals surface area (Å²) in [6, 6.07) is 7.30. The van der Waals surface area contributed by atoms with Gasteiger partial charge >= 0.3 is 5.69 Å². The SMILES string of the molecule is CCN1CCC(O)(CNc2c([N+](=O)[O-])cnc3ccccc23)CC1. The smallest absolute Gasteiger partial charge is 0.311 e. The quantitative estimate of drug-likeness (QED) is 0.646. The molecule has 2 heterocycles. The molecule has 1 fully saturated rings. The number of benzene rings is 1. The van der Waals surface area contributed by atoms with Gasteiger partial charge in [-0.2, -0.15) is 0 Å². The number of fused-ring (bicyclic) bond motifs is 1. The fourth-order valence-electron chi connectivity index (χ4n) is 3.17. The zero-order chi connectivity index (χ0) is 17.2. The molecule has 1 aromatic heterocycles. The lowest BCUT2D eigenvalue weighted by atomic mass is 9.91. The van der Waals surface area contributed by atoms with Crippen LogP contribution in [0, 0.1) is 10.1 Å². The summed E-state index contributed by atoms with van der Waals surface area (Å²) >= 11 is 0. The molecule has 24 heavy (non-hydrogen) atoms. The number of hydrogen-bond acceptors (Lipinski definition) is 6. The Balaban J connectivity index is 1.84. The number of pyridine rings is 1. The van der Waals surface area contributed by atoms with E-state index in [1.165, 1.54) is 6.20 Å². The second kappa shape index (κ2) is 6.70. The second-order valence-electron chi connectivity index (χ2n) is 6.30. The molecule has 2 aromatic rings. The molecule has 0 saturated carbocycles. The highest BCUT2D eigenvalue weighted by atomic mass is 16.6. The third kappa shape index (κ3) is 3.32. The maximum Gasteiger partial charge on any atom is 0.311 e. The normalized spacial score (nSPS) is 17.8. The van der Waals surface area contributed by atoms with Gasteiger partial charge in [0.25, 0.3) is 0 Å². The van der Waals surface area contributed by atoms with Gasteiger partial charge in [-0.15, -0.1) is 0 Å². The Hall–Kier alpha value is -2.25. The van der Waals surface area contributed by atoms with Crippen LogP contribution in [0.25, 0.3) is 10.9 Å². The van der Waals surface area contributed by atoms with Crippen LogP contribution in [0.3, 0.4) is 0 Å². The summed E-state index contributed by atoms with van der Waals surface area (Å²) in [6.45, 7) is 5.06. The average Bonchev–Trinajstić information content (AvgIpc) is 2.60. The molecule has 1 aliphatic heterocycles. The predicted octanol–water partition coefficient (Wildman–Crippen LogP) is 2.40. The van der Waals surface area contributed by atoms with Crippen molar-refractivity contribution >= 4 is 22.3 Å². The first-order chi connectivity index (χ1) is 11.5. The van der Waals surface area contributed by atoms with E-state index in [0.29, 0.717) is 36.0 Å². The van der Waals surface area contributed by atoms with Crippen LogP contribution >= 0.6 is 0 Å². The molecule has 0 aliphatic carbocycles. The van der Waals surface area contributed by atoms with Crippen molar-refractivity contribution in [2.45, 2.75) is 25.4 Å². The van der Waals surface area contributed by atoms with E-state index in [0.717, 1.165) is 19.6 Å². The first-order valence-electron chi connectivity index (χ1n) is 8.23. The Bertz CT molecular complexity index is 742. The zero-order valence-electron chi connectivity index (χ0n) is 13.7. The molecule has 128 valence electrons. The molecule has 1 saturated heterocycles. The second-order valence-corrected chi connectivity index (χ2v) is 6.30. The lowest BCUT2D eigenvalue weighted by molar-refractivity contribution is -0.384. The van der Waals surface area contributed by atoms with Gasteiger partial charge in [0.1, 0.15) is 11.9 Å². The van der Waals surface area contributed by atoms with Crippen molar-refractivity contribution in [3.05, 3.63) is 40.6 Å². The number of hydrogen-bond donors (Lipinski definition) is 2. The molecular weight excluding hydrogens is 308 g/mol. The molecule has 7 nitrogen and oxygen atoms in total. The maximum atomic E-state index is 11.3. The third-order valence-electron chi connectivity index (χ3n) is 4.78. The molecule has 3 rings (SSSR count). The summed E-state index contributed by atoms with van der Waals surface area (Å²) < 4.78 is 0. The van der Waals surface area contributed by atoms with E-state index in [9.17, 15) is 15.2 Å².